The highest BCUT2D eigenvalue weighted by atomic mass is 19.3. The molecule has 0 aromatic heterocycles. The number of nitrogens with zero attached hydrogens (tertiary/aromatic N) is 1. The monoisotopic (exact) mass is 299 g/mol. The van der Waals surface area contributed by atoms with Gasteiger partial charge in [0.2, 0.25) is 5.91 Å². The molecule has 0 saturated carbocycles. The van der Waals surface area contributed by atoms with Gasteiger partial charge < -0.3 is 14.4 Å². The minimum absolute atomic E-state index is 0.0404. The largest absolute Gasteiger partial charge is 0.434 e. The van der Waals surface area contributed by atoms with E-state index in [0.717, 1.165) is 6.42 Å². The fourth-order valence-electron chi connectivity index (χ4n) is 1.67. The van der Waals surface area contributed by atoms with Crippen LogP contribution in [0.15, 0.2) is 30.3 Å². The Balaban J connectivity index is 2.65. The van der Waals surface area contributed by atoms with Gasteiger partial charge in [-0.15, -0.1) is 0 Å². The predicted octanol–water partition coefficient (Wildman–Crippen LogP) is 2.80. The minimum atomic E-state index is -2.90. The maximum atomic E-state index is 12.3. The van der Waals surface area contributed by atoms with Gasteiger partial charge in [-0.05, 0) is 18.6 Å². The average Bonchev–Trinajstić information content (AvgIpc) is 2.45. The zero-order chi connectivity index (χ0) is 15.7. The summed E-state index contributed by atoms with van der Waals surface area (Å²) in [6.45, 7) is -1.76. The third-order valence-corrected chi connectivity index (χ3v) is 2.76. The molecule has 0 bridgehead atoms. The van der Waals surface area contributed by atoms with Gasteiger partial charge in [-0.3, -0.25) is 4.79 Å². The minimum Gasteiger partial charge on any atom is -0.434 e. The van der Waals surface area contributed by atoms with E-state index in [1.165, 1.54) is 23.1 Å². The number of ether oxygens (including phenoxy) is 2. The average molecular weight is 299 g/mol. The van der Waals surface area contributed by atoms with E-state index in [4.69, 9.17) is 4.74 Å². The van der Waals surface area contributed by atoms with Gasteiger partial charge in [0.1, 0.15) is 5.75 Å². The van der Waals surface area contributed by atoms with Crippen molar-refractivity contribution in [3.63, 3.8) is 0 Å². The van der Waals surface area contributed by atoms with E-state index in [2.05, 4.69) is 4.74 Å². The SMILES string of the molecule is COCCCN(C)C(=O)/C=C/c1ccccc1OC(F)F. The number of alkyl halides is 2. The van der Waals surface area contributed by atoms with Crippen LogP contribution in [0.3, 0.4) is 0 Å². The first-order valence-corrected chi connectivity index (χ1v) is 6.50. The van der Waals surface area contributed by atoms with E-state index >= 15 is 0 Å². The summed E-state index contributed by atoms with van der Waals surface area (Å²) in [5.41, 5.74) is 0.427. The van der Waals surface area contributed by atoms with Crippen LogP contribution in [-0.4, -0.2) is 44.7 Å². The first-order valence-electron chi connectivity index (χ1n) is 6.50. The number of hydrogen-bond donors (Lipinski definition) is 0. The second-order valence-corrected chi connectivity index (χ2v) is 4.36. The normalized spacial score (nSPS) is 11.1. The zero-order valence-electron chi connectivity index (χ0n) is 12.1. The molecule has 0 N–H and O–H groups in total. The molecule has 0 aliphatic carbocycles. The van der Waals surface area contributed by atoms with Crippen LogP contribution >= 0.6 is 0 Å². The molecule has 0 heterocycles. The molecule has 0 unspecified atom stereocenters. The molecule has 1 amide bonds. The number of methoxy groups -OCH3 is 1. The molecule has 0 radical (unpaired) electrons. The lowest BCUT2D eigenvalue weighted by atomic mass is 10.2. The van der Waals surface area contributed by atoms with Crippen LogP contribution in [0.2, 0.25) is 0 Å². The number of hydrogen-bond acceptors (Lipinski definition) is 3. The van der Waals surface area contributed by atoms with Crippen molar-refractivity contribution in [2.45, 2.75) is 13.0 Å². The molecule has 1 aromatic rings. The molecule has 1 rings (SSSR count). The Bertz CT molecular complexity index is 478. The van der Waals surface area contributed by atoms with E-state index in [0.29, 0.717) is 18.7 Å². The Kier molecular flexibility index (Phi) is 7.39. The van der Waals surface area contributed by atoms with Crippen molar-refractivity contribution in [3.8, 4) is 5.75 Å². The second-order valence-electron chi connectivity index (χ2n) is 4.36. The zero-order valence-corrected chi connectivity index (χ0v) is 12.1. The molecule has 0 fully saturated rings. The van der Waals surface area contributed by atoms with Gasteiger partial charge in [-0.2, -0.15) is 8.78 Å². The van der Waals surface area contributed by atoms with E-state index in [1.54, 1.807) is 32.4 Å². The Labute approximate surface area is 123 Å². The number of benzene rings is 1. The Morgan fingerprint density at radius 1 is 1.38 bits per heavy atom. The second kappa shape index (κ2) is 9.07. The molecule has 1 aromatic carbocycles. The van der Waals surface area contributed by atoms with Crippen molar-refractivity contribution >= 4 is 12.0 Å². The van der Waals surface area contributed by atoms with Crippen molar-refractivity contribution in [3.05, 3.63) is 35.9 Å². The summed E-state index contributed by atoms with van der Waals surface area (Å²) in [6.07, 6.45) is 3.53. The van der Waals surface area contributed by atoms with Crippen molar-refractivity contribution < 1.29 is 23.0 Å². The van der Waals surface area contributed by atoms with Gasteiger partial charge in [0.25, 0.3) is 0 Å². The molecule has 116 valence electrons. The number of carbonyl (C=O) groups excluding carboxylic acids is 1. The fourth-order valence-corrected chi connectivity index (χ4v) is 1.67. The molecule has 0 atom stereocenters. The summed E-state index contributed by atoms with van der Waals surface area (Å²) in [6, 6.07) is 6.31. The number of amides is 1. The third kappa shape index (κ3) is 6.35. The maximum Gasteiger partial charge on any atom is 0.387 e. The van der Waals surface area contributed by atoms with Gasteiger partial charge in [0.15, 0.2) is 0 Å². The van der Waals surface area contributed by atoms with Gasteiger partial charge in [-0.1, -0.05) is 18.2 Å². The summed E-state index contributed by atoms with van der Waals surface area (Å²) in [5, 5.41) is 0. The van der Waals surface area contributed by atoms with Crippen molar-refractivity contribution in [1.29, 1.82) is 0 Å². The van der Waals surface area contributed by atoms with E-state index in [-0.39, 0.29) is 11.7 Å². The lowest BCUT2D eigenvalue weighted by Gasteiger charge is -2.14. The van der Waals surface area contributed by atoms with Crippen LogP contribution < -0.4 is 4.74 Å². The Hall–Kier alpha value is -1.95. The van der Waals surface area contributed by atoms with Gasteiger partial charge in [-0.25, -0.2) is 0 Å². The van der Waals surface area contributed by atoms with E-state index in [9.17, 15) is 13.6 Å². The standard InChI is InChI=1S/C15H19F2NO3/c1-18(10-5-11-20-2)14(19)9-8-12-6-3-4-7-13(12)21-15(16)17/h3-4,6-9,15H,5,10-11H2,1-2H3/b9-8+. The molecule has 6 heteroatoms. The van der Waals surface area contributed by atoms with Gasteiger partial charge in [0.05, 0.1) is 0 Å². The molecule has 0 saturated heterocycles. The fraction of sp³-hybridized carbons (Fsp3) is 0.400. The van der Waals surface area contributed by atoms with Crippen LogP contribution in [0.4, 0.5) is 8.78 Å². The van der Waals surface area contributed by atoms with E-state index in [1.807, 2.05) is 0 Å². The first kappa shape index (κ1) is 17.1. The van der Waals surface area contributed by atoms with Crippen LogP contribution in [0.5, 0.6) is 5.75 Å². The van der Waals surface area contributed by atoms with Gasteiger partial charge in [0, 0.05) is 38.9 Å². The molecule has 4 nitrogen and oxygen atoms in total. The summed E-state index contributed by atoms with van der Waals surface area (Å²) >= 11 is 0. The van der Waals surface area contributed by atoms with Crippen molar-refractivity contribution in [2.24, 2.45) is 0 Å². The predicted molar refractivity (Wildman–Crippen MR) is 76.2 cm³/mol. The molecular formula is C15H19F2NO3. The quantitative estimate of drug-likeness (QED) is 0.547. The Morgan fingerprint density at radius 2 is 2.10 bits per heavy atom. The lowest BCUT2D eigenvalue weighted by molar-refractivity contribution is -0.124. The molecule has 0 spiro atoms. The number of para-hydroxylation sites is 1. The first-order chi connectivity index (χ1) is 10.0. The molecular weight excluding hydrogens is 280 g/mol. The number of halogens is 2. The number of rotatable bonds is 8. The smallest absolute Gasteiger partial charge is 0.387 e. The summed E-state index contributed by atoms with van der Waals surface area (Å²) < 4.78 is 33.8. The highest BCUT2D eigenvalue weighted by Gasteiger charge is 2.08. The van der Waals surface area contributed by atoms with Crippen LogP contribution in [0, 0.1) is 0 Å². The molecule has 0 aliphatic heterocycles. The summed E-state index contributed by atoms with van der Waals surface area (Å²) in [7, 11) is 3.27. The summed E-state index contributed by atoms with van der Waals surface area (Å²) in [4.78, 5) is 13.4. The van der Waals surface area contributed by atoms with Crippen LogP contribution in [-0.2, 0) is 9.53 Å². The lowest BCUT2D eigenvalue weighted by Crippen LogP contribution is -2.26. The number of carbonyl (C=O) groups is 1. The van der Waals surface area contributed by atoms with Crippen LogP contribution in [0.1, 0.15) is 12.0 Å². The van der Waals surface area contributed by atoms with E-state index < -0.39 is 6.61 Å². The summed E-state index contributed by atoms with van der Waals surface area (Å²) in [5.74, 6) is -0.170. The highest BCUT2D eigenvalue weighted by Crippen LogP contribution is 2.21. The topological polar surface area (TPSA) is 38.8 Å². The Morgan fingerprint density at radius 3 is 2.76 bits per heavy atom. The van der Waals surface area contributed by atoms with Crippen molar-refractivity contribution in [2.75, 3.05) is 27.3 Å². The van der Waals surface area contributed by atoms with Gasteiger partial charge >= 0.3 is 6.61 Å². The van der Waals surface area contributed by atoms with Crippen LogP contribution in [0.25, 0.3) is 6.08 Å². The highest BCUT2D eigenvalue weighted by molar-refractivity contribution is 5.92. The molecule has 21 heavy (non-hydrogen) atoms. The molecule has 0 aliphatic rings. The third-order valence-electron chi connectivity index (χ3n) is 2.76. The van der Waals surface area contributed by atoms with Crippen molar-refractivity contribution in [1.82, 2.24) is 4.90 Å². The maximum absolute atomic E-state index is 12.3. The number of likely N-dealkylation sites (N-methyl/N-ethyl adjacent to an activating group) is 1.